The molecule has 0 bridgehead atoms. The molecule has 0 fully saturated rings. The molecule has 2 N–H and O–H groups in total. The smallest absolute Gasteiger partial charge is 0.231 e. The normalized spacial score (nSPS) is 13.2. The fraction of sp³-hybridized carbons (Fsp3) is 0.500. The first-order valence-corrected chi connectivity index (χ1v) is 5.61. The quantitative estimate of drug-likeness (QED) is 0.822. The first-order chi connectivity index (χ1) is 8.20. The van der Waals surface area contributed by atoms with Gasteiger partial charge in [0.25, 0.3) is 0 Å². The van der Waals surface area contributed by atoms with E-state index in [-0.39, 0.29) is 6.79 Å². The lowest BCUT2D eigenvalue weighted by atomic mass is 10.2. The number of rotatable bonds is 5. The number of fused-ring (bicyclic) bond motifs is 1. The predicted molar refractivity (Wildman–Crippen MR) is 64.5 cm³/mol. The molecule has 0 amide bonds. The fourth-order valence-electron chi connectivity index (χ4n) is 1.60. The SMILES string of the molecule is CN(C)CCOc1cc2c(cc1CN)OCO2. The van der Waals surface area contributed by atoms with Crippen LogP contribution in [0.4, 0.5) is 0 Å². The molecule has 1 aromatic rings. The maximum Gasteiger partial charge on any atom is 0.231 e. The Morgan fingerprint density at radius 3 is 2.65 bits per heavy atom. The summed E-state index contributed by atoms with van der Waals surface area (Å²) in [7, 11) is 4.01. The average molecular weight is 238 g/mol. The standard InChI is InChI=1S/C12H18N2O3/c1-14(2)3-4-15-10-6-12-11(16-8-17-12)5-9(10)7-13/h5-6H,3-4,7-8,13H2,1-2H3. The summed E-state index contributed by atoms with van der Waals surface area (Å²) in [6.07, 6.45) is 0. The maximum atomic E-state index is 5.71. The van der Waals surface area contributed by atoms with Crippen LogP contribution in [-0.2, 0) is 6.54 Å². The van der Waals surface area contributed by atoms with E-state index in [0.717, 1.165) is 29.4 Å². The maximum absolute atomic E-state index is 5.71. The highest BCUT2D eigenvalue weighted by Crippen LogP contribution is 2.37. The van der Waals surface area contributed by atoms with E-state index in [1.54, 1.807) is 0 Å². The zero-order valence-electron chi connectivity index (χ0n) is 10.2. The molecule has 0 radical (unpaired) electrons. The molecule has 17 heavy (non-hydrogen) atoms. The summed E-state index contributed by atoms with van der Waals surface area (Å²) in [5.41, 5.74) is 6.63. The zero-order chi connectivity index (χ0) is 12.3. The molecule has 1 aliphatic rings. The van der Waals surface area contributed by atoms with Gasteiger partial charge in [0, 0.05) is 24.7 Å². The number of benzene rings is 1. The largest absolute Gasteiger partial charge is 0.492 e. The van der Waals surface area contributed by atoms with Crippen LogP contribution in [0.25, 0.3) is 0 Å². The summed E-state index contributed by atoms with van der Waals surface area (Å²) in [5, 5.41) is 0. The van der Waals surface area contributed by atoms with Crippen molar-refractivity contribution in [1.82, 2.24) is 4.90 Å². The molecule has 1 heterocycles. The van der Waals surface area contributed by atoms with E-state index in [1.807, 2.05) is 26.2 Å². The van der Waals surface area contributed by atoms with Crippen LogP contribution < -0.4 is 19.9 Å². The second-order valence-corrected chi connectivity index (χ2v) is 4.17. The fourth-order valence-corrected chi connectivity index (χ4v) is 1.60. The first kappa shape index (κ1) is 12.0. The Morgan fingerprint density at radius 1 is 1.29 bits per heavy atom. The average Bonchev–Trinajstić information content (AvgIpc) is 2.74. The zero-order valence-corrected chi connectivity index (χ0v) is 10.2. The molecule has 0 atom stereocenters. The lowest BCUT2D eigenvalue weighted by Gasteiger charge is -2.14. The molecular formula is C12H18N2O3. The van der Waals surface area contributed by atoms with Crippen LogP contribution in [0.3, 0.4) is 0 Å². The summed E-state index contributed by atoms with van der Waals surface area (Å²) >= 11 is 0. The first-order valence-electron chi connectivity index (χ1n) is 5.61. The van der Waals surface area contributed by atoms with Crippen LogP contribution in [-0.4, -0.2) is 38.9 Å². The van der Waals surface area contributed by atoms with Crippen LogP contribution in [0.2, 0.25) is 0 Å². The minimum atomic E-state index is 0.264. The highest BCUT2D eigenvalue weighted by Gasteiger charge is 2.17. The number of likely N-dealkylation sites (N-methyl/N-ethyl adjacent to an activating group) is 1. The molecule has 1 aliphatic heterocycles. The molecule has 5 nitrogen and oxygen atoms in total. The van der Waals surface area contributed by atoms with E-state index in [4.69, 9.17) is 19.9 Å². The number of nitrogens with zero attached hydrogens (tertiary/aromatic N) is 1. The molecule has 2 rings (SSSR count). The van der Waals surface area contributed by atoms with Crippen molar-refractivity contribution >= 4 is 0 Å². The number of ether oxygens (including phenoxy) is 3. The van der Waals surface area contributed by atoms with E-state index in [1.165, 1.54) is 0 Å². The van der Waals surface area contributed by atoms with E-state index in [9.17, 15) is 0 Å². The Labute approximate surface area is 101 Å². The van der Waals surface area contributed by atoms with Gasteiger partial charge in [-0.1, -0.05) is 0 Å². The van der Waals surface area contributed by atoms with Crippen LogP contribution >= 0.6 is 0 Å². The van der Waals surface area contributed by atoms with Crippen molar-refractivity contribution in [2.45, 2.75) is 6.54 Å². The van der Waals surface area contributed by atoms with Gasteiger partial charge >= 0.3 is 0 Å². The van der Waals surface area contributed by atoms with Gasteiger partial charge in [-0.05, 0) is 20.2 Å². The second kappa shape index (κ2) is 5.25. The molecular weight excluding hydrogens is 220 g/mol. The number of nitrogens with two attached hydrogens (primary N) is 1. The van der Waals surface area contributed by atoms with Crippen molar-refractivity contribution in [3.8, 4) is 17.2 Å². The third-order valence-electron chi connectivity index (χ3n) is 2.57. The third kappa shape index (κ3) is 2.81. The Bertz CT molecular complexity index is 394. The lowest BCUT2D eigenvalue weighted by Crippen LogP contribution is -2.19. The molecule has 5 heteroatoms. The minimum absolute atomic E-state index is 0.264. The van der Waals surface area contributed by atoms with Crippen molar-refractivity contribution in [2.75, 3.05) is 34.0 Å². The van der Waals surface area contributed by atoms with Gasteiger partial charge in [-0.3, -0.25) is 0 Å². The van der Waals surface area contributed by atoms with Gasteiger partial charge < -0.3 is 24.8 Å². The van der Waals surface area contributed by atoms with Gasteiger partial charge in [0.1, 0.15) is 12.4 Å². The molecule has 0 saturated carbocycles. The molecule has 0 spiro atoms. The van der Waals surface area contributed by atoms with Crippen molar-refractivity contribution < 1.29 is 14.2 Å². The molecule has 94 valence electrons. The van der Waals surface area contributed by atoms with E-state index in [0.29, 0.717) is 13.2 Å². The van der Waals surface area contributed by atoms with Gasteiger partial charge in [0.15, 0.2) is 11.5 Å². The predicted octanol–water partition coefficient (Wildman–Crippen LogP) is 0.814. The monoisotopic (exact) mass is 238 g/mol. The van der Waals surface area contributed by atoms with Gasteiger partial charge in [-0.25, -0.2) is 0 Å². The second-order valence-electron chi connectivity index (χ2n) is 4.17. The summed E-state index contributed by atoms with van der Waals surface area (Å²) < 4.78 is 16.3. The molecule has 0 aromatic heterocycles. The molecule has 1 aromatic carbocycles. The van der Waals surface area contributed by atoms with Gasteiger partial charge in [0.05, 0.1) is 0 Å². The lowest BCUT2D eigenvalue weighted by molar-refractivity contribution is 0.173. The van der Waals surface area contributed by atoms with Crippen LogP contribution in [0.5, 0.6) is 17.2 Å². The van der Waals surface area contributed by atoms with E-state index < -0.39 is 0 Å². The van der Waals surface area contributed by atoms with E-state index in [2.05, 4.69) is 4.90 Å². The Hall–Kier alpha value is -1.46. The van der Waals surface area contributed by atoms with Crippen LogP contribution in [0.1, 0.15) is 5.56 Å². The summed E-state index contributed by atoms with van der Waals surface area (Å²) in [4.78, 5) is 2.06. The summed E-state index contributed by atoms with van der Waals surface area (Å²) in [6, 6.07) is 3.73. The van der Waals surface area contributed by atoms with Crippen LogP contribution in [0.15, 0.2) is 12.1 Å². The third-order valence-corrected chi connectivity index (χ3v) is 2.57. The molecule has 0 unspecified atom stereocenters. The Kier molecular flexibility index (Phi) is 3.71. The van der Waals surface area contributed by atoms with Crippen molar-refractivity contribution in [3.63, 3.8) is 0 Å². The van der Waals surface area contributed by atoms with Gasteiger partial charge in [0.2, 0.25) is 6.79 Å². The van der Waals surface area contributed by atoms with Crippen molar-refractivity contribution in [2.24, 2.45) is 5.73 Å². The highest BCUT2D eigenvalue weighted by atomic mass is 16.7. The number of hydrogen-bond acceptors (Lipinski definition) is 5. The minimum Gasteiger partial charge on any atom is -0.492 e. The summed E-state index contributed by atoms with van der Waals surface area (Å²) in [5.74, 6) is 2.24. The number of hydrogen-bond donors (Lipinski definition) is 1. The molecule has 0 saturated heterocycles. The van der Waals surface area contributed by atoms with E-state index >= 15 is 0 Å². The topological polar surface area (TPSA) is 57.0 Å². The molecule has 0 aliphatic carbocycles. The highest BCUT2D eigenvalue weighted by molar-refractivity contribution is 5.51. The summed E-state index contributed by atoms with van der Waals surface area (Å²) in [6.45, 7) is 2.17. The van der Waals surface area contributed by atoms with Crippen molar-refractivity contribution in [1.29, 1.82) is 0 Å². The Balaban J connectivity index is 2.09. The Morgan fingerprint density at radius 2 is 2.00 bits per heavy atom. The van der Waals surface area contributed by atoms with Gasteiger partial charge in [-0.15, -0.1) is 0 Å². The van der Waals surface area contributed by atoms with Gasteiger partial charge in [-0.2, -0.15) is 0 Å². The van der Waals surface area contributed by atoms with Crippen LogP contribution in [0, 0.1) is 0 Å². The van der Waals surface area contributed by atoms with Crippen molar-refractivity contribution in [3.05, 3.63) is 17.7 Å².